The van der Waals surface area contributed by atoms with Crippen LogP contribution in [0.3, 0.4) is 0 Å². The summed E-state index contributed by atoms with van der Waals surface area (Å²) in [5.74, 6) is -0.484. The van der Waals surface area contributed by atoms with Crippen LogP contribution < -0.4 is 10.4 Å². The fourth-order valence-corrected chi connectivity index (χ4v) is 3.66. The molecule has 32 heavy (non-hydrogen) atoms. The highest BCUT2D eigenvalue weighted by atomic mass is 32.1. The van der Waals surface area contributed by atoms with E-state index in [1.165, 1.54) is 6.20 Å². The number of likely N-dealkylation sites (N-methyl/N-ethyl adjacent to an activating group) is 1. The van der Waals surface area contributed by atoms with Gasteiger partial charge in [-0.3, -0.25) is 9.59 Å². The molecule has 0 aliphatic heterocycles. The van der Waals surface area contributed by atoms with Crippen LogP contribution in [0.1, 0.15) is 65.2 Å². The van der Waals surface area contributed by atoms with E-state index in [1.54, 1.807) is 11.8 Å². The van der Waals surface area contributed by atoms with Crippen LogP contribution in [0.25, 0.3) is 0 Å². The van der Waals surface area contributed by atoms with Crippen molar-refractivity contribution in [2.75, 3.05) is 46.0 Å². The lowest BCUT2D eigenvalue weighted by Gasteiger charge is -2.32. The van der Waals surface area contributed by atoms with E-state index in [2.05, 4.69) is 24.5 Å². The molecule has 0 bridgehead atoms. The molecular weight excluding hydrogens is 426 g/mol. The van der Waals surface area contributed by atoms with Crippen molar-refractivity contribution in [3.8, 4) is 0 Å². The Labute approximate surface area is 199 Å². The predicted octanol–water partition coefficient (Wildman–Crippen LogP) is 2.29. The van der Waals surface area contributed by atoms with Crippen LogP contribution in [0.5, 0.6) is 0 Å². The van der Waals surface area contributed by atoms with E-state index in [-0.39, 0.29) is 17.4 Å². The van der Waals surface area contributed by atoms with Crippen molar-refractivity contribution in [1.82, 2.24) is 10.2 Å². The van der Waals surface area contributed by atoms with Crippen LogP contribution in [0.2, 0.25) is 0 Å². The molecule has 0 aromatic carbocycles. The third-order valence-electron chi connectivity index (χ3n) is 5.23. The first-order chi connectivity index (χ1) is 15.0. The van der Waals surface area contributed by atoms with Crippen LogP contribution in [0.4, 0.5) is 0 Å². The lowest BCUT2D eigenvalue weighted by atomic mass is 10.1. The molecule has 0 atom stereocenters. The van der Waals surface area contributed by atoms with E-state index in [1.807, 2.05) is 21.0 Å². The zero-order chi connectivity index (χ0) is 24.6. The van der Waals surface area contributed by atoms with Crippen LogP contribution in [-0.4, -0.2) is 73.2 Å². The minimum absolute atomic E-state index is 0.0689. The molecule has 0 radical (unpaired) electrons. The summed E-state index contributed by atoms with van der Waals surface area (Å²) in [5, 5.41) is 13.7. The first-order valence-electron chi connectivity index (χ1n) is 11.6. The number of quaternary nitrogens is 1. The van der Waals surface area contributed by atoms with Gasteiger partial charge in [0.25, 0.3) is 5.91 Å². The molecule has 0 saturated heterocycles. The number of rotatable bonds is 18. The van der Waals surface area contributed by atoms with Crippen LogP contribution in [0.15, 0.2) is 23.9 Å². The third kappa shape index (κ3) is 14.3. The van der Waals surface area contributed by atoms with Gasteiger partial charge in [0.1, 0.15) is 6.54 Å². The van der Waals surface area contributed by atoms with Crippen molar-refractivity contribution >= 4 is 30.4 Å². The summed E-state index contributed by atoms with van der Waals surface area (Å²) >= 11 is 4.19. The number of nitrogens with one attached hydrogen (secondary N) is 1. The van der Waals surface area contributed by atoms with Crippen molar-refractivity contribution in [2.45, 2.75) is 65.2 Å². The molecule has 8 heteroatoms. The smallest absolute Gasteiger partial charge is 0.250 e. The summed E-state index contributed by atoms with van der Waals surface area (Å²) in [6.07, 6.45) is 8.78. The number of thiol groups is 1. The maximum atomic E-state index is 12.8. The van der Waals surface area contributed by atoms with Gasteiger partial charge in [-0.25, -0.2) is 0 Å². The van der Waals surface area contributed by atoms with Gasteiger partial charge in [-0.05, 0) is 31.9 Å². The number of carbonyl (C=O) groups is 3. The summed E-state index contributed by atoms with van der Waals surface area (Å²) in [7, 11) is 3.86. The Morgan fingerprint density at radius 2 is 1.69 bits per heavy atom. The maximum absolute atomic E-state index is 12.8. The Hall–Kier alpha value is -1.80. The second-order valence-electron chi connectivity index (χ2n) is 8.99. The highest BCUT2D eigenvalue weighted by Crippen LogP contribution is 2.09. The zero-order valence-electron chi connectivity index (χ0n) is 20.5. The van der Waals surface area contributed by atoms with Gasteiger partial charge in [0.15, 0.2) is 0 Å². The van der Waals surface area contributed by atoms with Gasteiger partial charge < -0.3 is 24.6 Å². The third-order valence-corrected chi connectivity index (χ3v) is 5.54. The van der Waals surface area contributed by atoms with Crippen LogP contribution >= 0.6 is 12.6 Å². The Bertz CT molecular complexity index is 647. The normalized spacial score (nSPS) is 11.8. The number of nitrogens with zero attached hydrogens (tertiary/aromatic N) is 2. The van der Waals surface area contributed by atoms with Crippen molar-refractivity contribution in [2.24, 2.45) is 0 Å². The molecule has 0 saturated carbocycles. The molecule has 0 rings (SSSR count). The summed E-state index contributed by atoms with van der Waals surface area (Å²) < 4.78 is 0.459. The molecule has 0 spiro atoms. The van der Waals surface area contributed by atoms with Gasteiger partial charge in [-0.1, -0.05) is 32.8 Å². The van der Waals surface area contributed by atoms with E-state index in [4.69, 9.17) is 0 Å². The first-order valence-corrected chi connectivity index (χ1v) is 12.2. The van der Waals surface area contributed by atoms with Gasteiger partial charge in [0, 0.05) is 43.3 Å². The highest BCUT2D eigenvalue weighted by molar-refractivity contribution is 7.80. The van der Waals surface area contributed by atoms with Crippen molar-refractivity contribution in [1.29, 1.82) is 0 Å². The lowest BCUT2D eigenvalue weighted by Crippen LogP contribution is -2.46. The van der Waals surface area contributed by atoms with Gasteiger partial charge in [0.05, 0.1) is 26.6 Å². The molecule has 0 aromatic heterocycles. The van der Waals surface area contributed by atoms with Crippen molar-refractivity contribution in [3.63, 3.8) is 0 Å². The number of carboxylic acids is 1. The Morgan fingerprint density at radius 1 is 1.06 bits per heavy atom. The zero-order valence-corrected chi connectivity index (χ0v) is 21.3. The Morgan fingerprint density at radius 3 is 2.28 bits per heavy atom. The number of aliphatic carboxylic acids is 1. The minimum Gasteiger partial charge on any atom is -0.545 e. The Kier molecular flexibility index (Phi) is 15.8. The van der Waals surface area contributed by atoms with E-state index in [0.29, 0.717) is 42.7 Å². The van der Waals surface area contributed by atoms with Gasteiger partial charge in [0.2, 0.25) is 5.91 Å². The molecule has 1 N–H and O–H groups in total. The number of amides is 2. The second kappa shape index (κ2) is 16.8. The van der Waals surface area contributed by atoms with Crippen molar-refractivity contribution in [3.05, 3.63) is 23.9 Å². The number of unbranched alkanes of at least 4 members (excludes halogenated alkanes) is 4. The SMILES string of the molecule is C=C(C[N+](C)(C)CCCN(CCC)C(=O)C(C)=CNC(=O)CCCCCCCS)C(=O)[O-]. The predicted molar refractivity (Wildman–Crippen MR) is 131 cm³/mol. The topological polar surface area (TPSA) is 89.5 Å². The van der Waals surface area contributed by atoms with E-state index in [9.17, 15) is 19.5 Å². The molecule has 0 aliphatic rings. The average molecular weight is 470 g/mol. The van der Waals surface area contributed by atoms with Crippen LogP contribution in [-0.2, 0) is 14.4 Å². The van der Waals surface area contributed by atoms with Gasteiger partial charge in [-0.15, -0.1) is 0 Å². The highest BCUT2D eigenvalue weighted by Gasteiger charge is 2.20. The molecule has 184 valence electrons. The van der Waals surface area contributed by atoms with Gasteiger partial charge in [-0.2, -0.15) is 12.6 Å². The largest absolute Gasteiger partial charge is 0.545 e. The fraction of sp³-hybridized carbons (Fsp3) is 0.708. The minimum atomic E-state index is -1.23. The molecule has 0 fully saturated rings. The maximum Gasteiger partial charge on any atom is 0.250 e. The number of hydrogen-bond acceptors (Lipinski definition) is 5. The van der Waals surface area contributed by atoms with Gasteiger partial charge >= 0.3 is 0 Å². The van der Waals surface area contributed by atoms with E-state index >= 15 is 0 Å². The van der Waals surface area contributed by atoms with Crippen molar-refractivity contribution < 1.29 is 24.0 Å². The summed E-state index contributed by atoms with van der Waals surface area (Å²) in [5.41, 5.74) is 0.573. The van der Waals surface area contributed by atoms with Crippen LogP contribution in [0, 0.1) is 0 Å². The summed E-state index contributed by atoms with van der Waals surface area (Å²) in [6, 6.07) is 0. The number of carbonyl (C=O) groups excluding carboxylic acids is 3. The molecule has 7 nitrogen and oxygen atoms in total. The monoisotopic (exact) mass is 469 g/mol. The lowest BCUT2D eigenvalue weighted by molar-refractivity contribution is -0.885. The second-order valence-corrected chi connectivity index (χ2v) is 9.44. The fourth-order valence-electron chi connectivity index (χ4n) is 3.43. The summed E-state index contributed by atoms with van der Waals surface area (Å²) in [6.45, 7) is 9.47. The molecule has 0 heterocycles. The first kappa shape index (κ1) is 30.2. The molecule has 2 amide bonds. The summed E-state index contributed by atoms with van der Waals surface area (Å²) in [4.78, 5) is 37.6. The Balaban J connectivity index is 4.55. The average Bonchev–Trinajstić information content (AvgIpc) is 2.72. The molecule has 0 aromatic rings. The number of hydrogen-bond donors (Lipinski definition) is 2. The molecular formula is C24H43N3O4S. The molecule has 0 unspecified atom stereocenters. The molecule has 0 aliphatic carbocycles. The quantitative estimate of drug-likeness (QED) is 0.139. The van der Waals surface area contributed by atoms with E-state index in [0.717, 1.165) is 50.7 Å². The number of carboxylic acid groups (broad SMARTS) is 1. The van der Waals surface area contributed by atoms with E-state index < -0.39 is 5.97 Å². The standard InChI is InChI=1S/C24H43N3O4S/c1-6-14-26(15-12-16-27(4,5)19-21(3)24(30)31)23(29)20(2)18-25-22(28)13-10-8-7-9-11-17-32/h18H,3,6-17,19H2,1-2,4-5H3,(H2-,25,28,29,30,31,32).